The highest BCUT2D eigenvalue weighted by Crippen LogP contribution is 2.24. The number of rotatable bonds is 9. The van der Waals surface area contributed by atoms with Crippen LogP contribution in [0.4, 0.5) is 0 Å². The van der Waals surface area contributed by atoms with Crippen LogP contribution >= 0.6 is 0 Å². The van der Waals surface area contributed by atoms with Gasteiger partial charge in [-0.2, -0.15) is 4.31 Å². The lowest BCUT2D eigenvalue weighted by molar-refractivity contribution is -0.126. The third kappa shape index (κ3) is 7.13. The van der Waals surface area contributed by atoms with Crippen molar-refractivity contribution in [3.63, 3.8) is 0 Å². The summed E-state index contributed by atoms with van der Waals surface area (Å²) in [5.74, 6) is -0.189. The number of hydrogen-bond acceptors (Lipinski definition) is 3. The summed E-state index contributed by atoms with van der Waals surface area (Å²) in [6.45, 7) is 0.694. The topological polar surface area (TPSA) is 66.5 Å². The maximum atomic E-state index is 13.2. The van der Waals surface area contributed by atoms with Crippen LogP contribution in [0.15, 0.2) is 96.4 Å². The number of piperidine rings is 1. The van der Waals surface area contributed by atoms with Gasteiger partial charge in [-0.05, 0) is 48.4 Å². The number of nitrogens with zero attached hydrogens (tertiary/aromatic N) is 1. The van der Waals surface area contributed by atoms with Gasteiger partial charge in [0, 0.05) is 24.4 Å². The summed E-state index contributed by atoms with van der Waals surface area (Å²) < 4.78 is 27.0. The number of carbonyl (C=O) groups excluding carboxylic acids is 1. The minimum absolute atomic E-state index is 0.00351. The van der Waals surface area contributed by atoms with Crippen molar-refractivity contribution in [3.05, 3.63) is 113 Å². The molecule has 1 atom stereocenters. The summed E-state index contributed by atoms with van der Waals surface area (Å²) in [7, 11) is -3.51. The van der Waals surface area contributed by atoms with E-state index in [9.17, 15) is 13.2 Å². The molecule has 0 spiro atoms. The number of sulfonamides is 1. The van der Waals surface area contributed by atoms with E-state index in [0.717, 1.165) is 24.0 Å². The van der Waals surface area contributed by atoms with Crippen molar-refractivity contribution >= 4 is 22.0 Å². The first kappa shape index (κ1) is 24.9. The lowest BCUT2D eigenvalue weighted by atomic mass is 9.94. The van der Waals surface area contributed by atoms with Crippen LogP contribution < -0.4 is 5.32 Å². The van der Waals surface area contributed by atoms with Crippen LogP contribution in [0.2, 0.25) is 0 Å². The Morgan fingerprint density at radius 1 is 0.886 bits per heavy atom. The van der Waals surface area contributed by atoms with Gasteiger partial charge in [0.05, 0.1) is 6.04 Å². The number of carbonyl (C=O) groups is 1. The smallest absolute Gasteiger partial charge is 0.236 e. The van der Waals surface area contributed by atoms with Crippen molar-refractivity contribution in [3.8, 4) is 0 Å². The van der Waals surface area contributed by atoms with E-state index in [-0.39, 0.29) is 17.9 Å². The molecule has 182 valence electrons. The van der Waals surface area contributed by atoms with E-state index >= 15 is 0 Å². The zero-order chi connectivity index (χ0) is 24.5. The lowest BCUT2D eigenvalue weighted by Crippen LogP contribution is -2.43. The molecule has 0 aliphatic carbocycles. The van der Waals surface area contributed by atoms with Crippen LogP contribution in [-0.4, -0.2) is 31.7 Å². The Bertz CT molecular complexity index is 1200. The van der Waals surface area contributed by atoms with Gasteiger partial charge in [-0.15, -0.1) is 0 Å². The largest absolute Gasteiger partial charge is 0.349 e. The molecule has 1 aliphatic rings. The molecular formula is C29H32N2O3S. The Labute approximate surface area is 208 Å². The monoisotopic (exact) mass is 488 g/mol. The summed E-state index contributed by atoms with van der Waals surface area (Å²) in [5.41, 5.74) is 3.17. The van der Waals surface area contributed by atoms with Crippen molar-refractivity contribution < 1.29 is 13.2 Å². The fourth-order valence-electron chi connectivity index (χ4n) is 4.44. The van der Waals surface area contributed by atoms with E-state index < -0.39 is 10.0 Å². The highest BCUT2D eigenvalue weighted by Gasteiger charge is 2.31. The van der Waals surface area contributed by atoms with Gasteiger partial charge in [0.25, 0.3) is 0 Å². The van der Waals surface area contributed by atoms with Gasteiger partial charge in [-0.3, -0.25) is 4.79 Å². The third-order valence-corrected chi connectivity index (χ3v) is 8.06. The Morgan fingerprint density at radius 2 is 1.46 bits per heavy atom. The van der Waals surface area contributed by atoms with E-state index in [1.165, 1.54) is 15.3 Å². The van der Waals surface area contributed by atoms with Crippen molar-refractivity contribution in [1.82, 2.24) is 9.62 Å². The normalized spacial score (nSPS) is 16.2. The average Bonchev–Trinajstić information content (AvgIpc) is 2.91. The van der Waals surface area contributed by atoms with Gasteiger partial charge in [0.15, 0.2) is 0 Å². The first-order valence-corrected chi connectivity index (χ1v) is 13.6. The SMILES string of the molecule is O=C(NC(CCc1ccccc1)c1ccccc1)C1CCN(S(=O)(=O)/C=C/c2ccccc2)CC1. The Morgan fingerprint density at radius 3 is 2.09 bits per heavy atom. The number of hydrogen-bond donors (Lipinski definition) is 1. The molecule has 1 fully saturated rings. The van der Waals surface area contributed by atoms with E-state index in [1.807, 2.05) is 78.9 Å². The number of benzene rings is 3. The molecule has 1 unspecified atom stereocenters. The molecule has 1 saturated heterocycles. The molecule has 6 heteroatoms. The van der Waals surface area contributed by atoms with Gasteiger partial charge in [-0.1, -0.05) is 91.0 Å². The van der Waals surface area contributed by atoms with Crippen LogP contribution in [-0.2, 0) is 21.2 Å². The summed E-state index contributed by atoms with van der Waals surface area (Å²) in [5, 5.41) is 4.51. The van der Waals surface area contributed by atoms with Crippen LogP contribution in [0, 0.1) is 5.92 Å². The predicted octanol–water partition coefficient (Wildman–Crippen LogP) is 5.19. The molecule has 1 N–H and O–H groups in total. The van der Waals surface area contributed by atoms with Gasteiger partial charge >= 0.3 is 0 Å². The average molecular weight is 489 g/mol. The van der Waals surface area contributed by atoms with E-state index in [1.54, 1.807) is 6.08 Å². The van der Waals surface area contributed by atoms with Gasteiger partial charge in [0.2, 0.25) is 15.9 Å². The molecule has 35 heavy (non-hydrogen) atoms. The molecular weight excluding hydrogens is 456 g/mol. The number of amides is 1. The van der Waals surface area contributed by atoms with Crippen molar-refractivity contribution in [2.45, 2.75) is 31.7 Å². The Kier molecular flexibility index (Phi) is 8.50. The quantitative estimate of drug-likeness (QED) is 0.451. The molecule has 1 aliphatic heterocycles. The van der Waals surface area contributed by atoms with Crippen molar-refractivity contribution in [2.24, 2.45) is 5.92 Å². The minimum atomic E-state index is -3.51. The fourth-order valence-corrected chi connectivity index (χ4v) is 5.66. The molecule has 0 saturated carbocycles. The molecule has 0 bridgehead atoms. The maximum Gasteiger partial charge on any atom is 0.236 e. The molecule has 5 nitrogen and oxygen atoms in total. The second kappa shape index (κ2) is 12.0. The van der Waals surface area contributed by atoms with Crippen molar-refractivity contribution in [1.29, 1.82) is 0 Å². The van der Waals surface area contributed by atoms with Crippen molar-refractivity contribution in [2.75, 3.05) is 13.1 Å². The van der Waals surface area contributed by atoms with E-state index in [0.29, 0.717) is 25.9 Å². The van der Waals surface area contributed by atoms with Gasteiger partial charge in [-0.25, -0.2) is 8.42 Å². The summed E-state index contributed by atoms with van der Waals surface area (Å²) in [6, 6.07) is 29.6. The van der Waals surface area contributed by atoms with Gasteiger partial charge in [0.1, 0.15) is 0 Å². The van der Waals surface area contributed by atoms with Crippen LogP contribution in [0.1, 0.15) is 42.0 Å². The number of nitrogens with one attached hydrogen (secondary N) is 1. The first-order valence-electron chi connectivity index (χ1n) is 12.1. The summed E-state index contributed by atoms with van der Waals surface area (Å²) >= 11 is 0. The highest BCUT2D eigenvalue weighted by molar-refractivity contribution is 7.92. The molecule has 3 aromatic carbocycles. The zero-order valence-corrected chi connectivity index (χ0v) is 20.6. The van der Waals surface area contributed by atoms with Gasteiger partial charge < -0.3 is 5.32 Å². The van der Waals surface area contributed by atoms with Crippen LogP contribution in [0.3, 0.4) is 0 Å². The molecule has 1 heterocycles. The predicted molar refractivity (Wildman–Crippen MR) is 141 cm³/mol. The molecule has 1 amide bonds. The highest BCUT2D eigenvalue weighted by atomic mass is 32.2. The third-order valence-electron chi connectivity index (χ3n) is 6.50. The summed E-state index contributed by atoms with van der Waals surface area (Å²) in [6.07, 6.45) is 4.32. The molecule has 0 aromatic heterocycles. The van der Waals surface area contributed by atoms with Crippen LogP contribution in [0.5, 0.6) is 0 Å². The lowest BCUT2D eigenvalue weighted by Gasteiger charge is -2.31. The maximum absolute atomic E-state index is 13.2. The van der Waals surface area contributed by atoms with E-state index in [4.69, 9.17) is 0 Å². The second-order valence-corrected chi connectivity index (χ2v) is 10.7. The zero-order valence-electron chi connectivity index (χ0n) is 19.8. The second-order valence-electron chi connectivity index (χ2n) is 8.93. The Balaban J connectivity index is 1.35. The summed E-state index contributed by atoms with van der Waals surface area (Å²) in [4.78, 5) is 13.2. The first-order chi connectivity index (χ1) is 17.0. The molecule has 3 aromatic rings. The Hall–Kier alpha value is -3.22. The van der Waals surface area contributed by atoms with Crippen LogP contribution in [0.25, 0.3) is 6.08 Å². The number of aryl methyl sites for hydroxylation is 1. The molecule has 0 radical (unpaired) electrons. The minimum Gasteiger partial charge on any atom is -0.349 e. The fraction of sp³-hybridized carbons (Fsp3) is 0.276. The standard InChI is InChI=1S/C29H32N2O3S/c32-29(30-28(26-14-8-3-9-15-26)17-16-24-10-4-1-5-11-24)27-18-21-31(22-19-27)35(33,34)23-20-25-12-6-2-7-13-25/h1-15,20,23,27-28H,16-19,21-22H2,(H,30,32)/b23-20+. The molecule has 4 rings (SSSR count). The van der Waals surface area contributed by atoms with E-state index in [2.05, 4.69) is 17.4 Å².